The van der Waals surface area contributed by atoms with Gasteiger partial charge >= 0.3 is 14.5 Å². The lowest BCUT2D eigenvalue weighted by Gasteiger charge is -2.36. The molecule has 0 aromatic rings. The summed E-state index contributed by atoms with van der Waals surface area (Å²) < 4.78 is 16.9. The van der Waals surface area contributed by atoms with Gasteiger partial charge < -0.3 is 13.3 Å². The van der Waals surface area contributed by atoms with Gasteiger partial charge in [-0.15, -0.1) is 0 Å². The van der Waals surface area contributed by atoms with E-state index in [1.54, 1.807) is 7.11 Å². The van der Waals surface area contributed by atoms with Gasteiger partial charge in [-0.05, 0) is 25.2 Å². The van der Waals surface area contributed by atoms with Crippen molar-refractivity contribution in [2.24, 2.45) is 0 Å². The molecular formula is C12H26O4Si2. The van der Waals surface area contributed by atoms with Crippen molar-refractivity contribution in [2.75, 3.05) is 13.7 Å². The van der Waals surface area contributed by atoms with Crippen molar-refractivity contribution in [1.29, 1.82) is 0 Å². The van der Waals surface area contributed by atoms with Crippen molar-refractivity contribution in [1.82, 2.24) is 0 Å². The first kappa shape index (κ1) is 17.6. The summed E-state index contributed by atoms with van der Waals surface area (Å²) in [7, 11) is -2.19. The van der Waals surface area contributed by atoms with Gasteiger partial charge in [0.2, 0.25) is 0 Å². The van der Waals surface area contributed by atoms with Crippen LogP contribution in [0.2, 0.25) is 31.2 Å². The molecular weight excluding hydrogens is 264 g/mol. The molecule has 4 nitrogen and oxygen atoms in total. The minimum absolute atomic E-state index is 0.367. The minimum atomic E-state index is -2.04. The Hall–Kier alpha value is -0.436. The molecule has 0 amide bonds. The van der Waals surface area contributed by atoms with Crippen molar-refractivity contribution in [2.45, 2.75) is 45.1 Å². The maximum absolute atomic E-state index is 11.0. The molecule has 6 heteroatoms. The molecule has 0 aliphatic rings. The van der Waals surface area contributed by atoms with Crippen LogP contribution in [0.5, 0.6) is 0 Å². The van der Waals surface area contributed by atoms with Gasteiger partial charge in [0.1, 0.15) is 0 Å². The molecule has 0 atom stereocenters. The zero-order valence-corrected chi connectivity index (χ0v) is 14.2. The minimum Gasteiger partial charge on any atom is -0.463 e. The number of carbonyl (C=O) groups excluding carboxylic acids is 1. The monoisotopic (exact) mass is 290 g/mol. The average Bonchev–Trinajstić information content (AvgIpc) is 2.37. The highest BCUT2D eigenvalue weighted by Gasteiger charge is 2.38. The zero-order valence-electron chi connectivity index (χ0n) is 12.2. The van der Waals surface area contributed by atoms with E-state index in [9.17, 15) is 4.79 Å². The number of esters is 1. The molecule has 0 heterocycles. The normalized spacial score (nSPS) is 12.3. The van der Waals surface area contributed by atoms with Crippen LogP contribution in [-0.2, 0) is 18.1 Å². The fourth-order valence-corrected chi connectivity index (χ4v) is 9.51. The maximum Gasteiger partial charge on any atom is 0.330 e. The molecule has 106 valence electrons. The lowest BCUT2D eigenvalue weighted by Crippen LogP contribution is -2.49. The standard InChI is InChI=1S/C12H26O4Si2/c1-7-12(13)15-10-11-18(8-2,9-3)16-17(5,6)14-4/h7H,1,8-11H2,2-6H3. The van der Waals surface area contributed by atoms with Crippen LogP contribution >= 0.6 is 0 Å². The predicted molar refractivity (Wildman–Crippen MR) is 78.3 cm³/mol. The Kier molecular flexibility index (Phi) is 7.69. The van der Waals surface area contributed by atoms with Crippen LogP contribution in [0.25, 0.3) is 0 Å². The fourth-order valence-electron chi connectivity index (χ4n) is 1.76. The first-order valence-electron chi connectivity index (χ1n) is 6.39. The molecule has 0 fully saturated rings. The van der Waals surface area contributed by atoms with Gasteiger partial charge in [0, 0.05) is 19.2 Å². The van der Waals surface area contributed by atoms with Crippen molar-refractivity contribution in [3.63, 3.8) is 0 Å². The lowest BCUT2D eigenvalue weighted by molar-refractivity contribution is -0.137. The molecule has 0 N–H and O–H groups in total. The topological polar surface area (TPSA) is 44.8 Å². The number of hydrogen-bond donors (Lipinski definition) is 0. The Morgan fingerprint density at radius 2 is 1.83 bits per heavy atom. The number of hydrogen-bond acceptors (Lipinski definition) is 4. The SMILES string of the molecule is C=CC(=O)OCC[Si](CC)(CC)O[Si](C)(C)OC. The molecule has 18 heavy (non-hydrogen) atoms. The third-order valence-electron chi connectivity index (χ3n) is 3.21. The van der Waals surface area contributed by atoms with Gasteiger partial charge in [-0.2, -0.15) is 0 Å². The molecule has 0 spiro atoms. The average molecular weight is 291 g/mol. The van der Waals surface area contributed by atoms with Gasteiger partial charge in [-0.1, -0.05) is 20.4 Å². The van der Waals surface area contributed by atoms with Gasteiger partial charge in [-0.25, -0.2) is 4.79 Å². The summed E-state index contributed by atoms with van der Waals surface area (Å²) in [5, 5.41) is 0. The second-order valence-electron chi connectivity index (χ2n) is 4.72. The van der Waals surface area contributed by atoms with Crippen LogP contribution in [0.4, 0.5) is 0 Å². The second-order valence-corrected chi connectivity index (χ2v) is 13.0. The molecule has 0 rings (SSSR count). The highest BCUT2D eigenvalue weighted by atomic mass is 28.4. The van der Waals surface area contributed by atoms with E-state index in [0.717, 1.165) is 18.1 Å². The van der Waals surface area contributed by atoms with E-state index < -0.39 is 16.9 Å². The Labute approximate surface area is 113 Å². The van der Waals surface area contributed by atoms with Crippen LogP contribution in [0.3, 0.4) is 0 Å². The predicted octanol–water partition coefficient (Wildman–Crippen LogP) is 3.07. The summed E-state index contributed by atoms with van der Waals surface area (Å²) in [5.74, 6) is -0.367. The number of carbonyl (C=O) groups is 1. The molecule has 0 radical (unpaired) electrons. The zero-order chi connectivity index (χ0) is 14.2. The third kappa shape index (κ3) is 5.95. The van der Waals surface area contributed by atoms with E-state index in [1.165, 1.54) is 6.08 Å². The van der Waals surface area contributed by atoms with Crippen LogP contribution < -0.4 is 0 Å². The highest BCUT2D eigenvalue weighted by Crippen LogP contribution is 2.26. The number of ether oxygens (including phenoxy) is 1. The van der Waals surface area contributed by atoms with Crippen molar-refractivity contribution in [3.05, 3.63) is 12.7 Å². The van der Waals surface area contributed by atoms with Crippen molar-refractivity contribution < 1.29 is 18.1 Å². The quantitative estimate of drug-likeness (QED) is 0.372. The lowest BCUT2D eigenvalue weighted by atomic mass is 10.6. The summed E-state index contributed by atoms with van der Waals surface area (Å²) in [5.41, 5.74) is 0. The Bertz CT molecular complexity index is 275. The van der Waals surface area contributed by atoms with Gasteiger partial charge in [0.05, 0.1) is 6.61 Å². The summed E-state index contributed by atoms with van der Waals surface area (Å²) in [6.07, 6.45) is 1.19. The summed E-state index contributed by atoms with van der Waals surface area (Å²) in [6.45, 7) is 12.2. The van der Waals surface area contributed by atoms with Crippen LogP contribution in [-0.4, -0.2) is 36.6 Å². The van der Waals surface area contributed by atoms with E-state index in [-0.39, 0.29) is 5.97 Å². The fraction of sp³-hybridized carbons (Fsp3) is 0.750. The van der Waals surface area contributed by atoms with Gasteiger partial charge in [0.15, 0.2) is 8.32 Å². The third-order valence-corrected chi connectivity index (χ3v) is 11.6. The van der Waals surface area contributed by atoms with E-state index in [0.29, 0.717) is 6.61 Å². The molecule has 0 saturated carbocycles. The summed E-state index contributed by atoms with van der Waals surface area (Å²) >= 11 is 0. The van der Waals surface area contributed by atoms with E-state index >= 15 is 0 Å². The van der Waals surface area contributed by atoms with Gasteiger partial charge in [0.25, 0.3) is 0 Å². The van der Waals surface area contributed by atoms with E-state index in [1.807, 2.05) is 0 Å². The molecule has 0 unspecified atom stereocenters. The van der Waals surface area contributed by atoms with Crippen LogP contribution in [0.1, 0.15) is 13.8 Å². The first-order valence-corrected chi connectivity index (χ1v) is 11.7. The Balaban J connectivity index is 4.52. The molecule has 0 aromatic carbocycles. The Morgan fingerprint density at radius 3 is 2.22 bits per heavy atom. The van der Waals surface area contributed by atoms with Crippen LogP contribution in [0, 0.1) is 0 Å². The largest absolute Gasteiger partial charge is 0.463 e. The highest BCUT2D eigenvalue weighted by molar-refractivity contribution is 6.83. The summed E-state index contributed by atoms with van der Waals surface area (Å²) in [4.78, 5) is 11.0. The molecule has 0 aliphatic heterocycles. The van der Waals surface area contributed by atoms with Crippen LogP contribution in [0.15, 0.2) is 12.7 Å². The Morgan fingerprint density at radius 1 is 1.28 bits per heavy atom. The molecule has 0 saturated heterocycles. The van der Waals surface area contributed by atoms with Crippen molar-refractivity contribution >= 4 is 22.8 Å². The smallest absolute Gasteiger partial charge is 0.330 e. The summed E-state index contributed by atoms with van der Waals surface area (Å²) in [6, 6.07) is 2.84. The molecule has 0 aromatic heterocycles. The first-order chi connectivity index (χ1) is 8.34. The van der Waals surface area contributed by atoms with E-state index in [2.05, 4.69) is 33.5 Å². The number of rotatable bonds is 9. The van der Waals surface area contributed by atoms with Crippen molar-refractivity contribution in [3.8, 4) is 0 Å². The van der Waals surface area contributed by atoms with Gasteiger partial charge in [-0.3, -0.25) is 0 Å². The van der Waals surface area contributed by atoms with E-state index in [4.69, 9.17) is 13.3 Å². The molecule has 0 aliphatic carbocycles. The second kappa shape index (κ2) is 7.88. The maximum atomic E-state index is 11.0. The molecule has 0 bridgehead atoms.